The fourth-order valence-electron chi connectivity index (χ4n) is 5.51. The van der Waals surface area contributed by atoms with E-state index in [4.69, 9.17) is 4.74 Å². The molecule has 0 unspecified atom stereocenters. The molecule has 3 aromatic rings. The molecule has 2 fully saturated rings. The third-order valence-electron chi connectivity index (χ3n) is 7.90. The summed E-state index contributed by atoms with van der Waals surface area (Å²) in [6.45, 7) is 3.01. The summed E-state index contributed by atoms with van der Waals surface area (Å²) in [6, 6.07) is 13.1. The quantitative estimate of drug-likeness (QED) is 0.431. The first-order valence-corrected chi connectivity index (χ1v) is 13.8. The molecule has 9 heteroatoms. The Hall–Kier alpha value is -3.75. The molecule has 0 spiro atoms. The number of piperidine rings is 1. The highest BCUT2D eigenvalue weighted by Crippen LogP contribution is 2.37. The average Bonchev–Trinajstić information content (AvgIpc) is 3.67. The Morgan fingerprint density at radius 1 is 1.00 bits per heavy atom. The number of fused-ring (bicyclic) bond motifs is 1. The Morgan fingerprint density at radius 3 is 2.61 bits per heavy atom. The van der Waals surface area contributed by atoms with Crippen molar-refractivity contribution in [2.45, 2.75) is 57.6 Å². The molecule has 0 bridgehead atoms. The van der Waals surface area contributed by atoms with Gasteiger partial charge >= 0.3 is 0 Å². The van der Waals surface area contributed by atoms with E-state index in [-0.39, 0.29) is 11.8 Å². The van der Waals surface area contributed by atoms with Crippen LogP contribution in [-0.2, 0) is 22.6 Å². The lowest BCUT2D eigenvalue weighted by Gasteiger charge is -2.34. The lowest BCUT2D eigenvalue weighted by atomic mass is 9.93. The molecule has 3 aliphatic rings. The van der Waals surface area contributed by atoms with Gasteiger partial charge in [-0.15, -0.1) is 10.2 Å². The molecular weight excluding hydrogens is 480 g/mol. The van der Waals surface area contributed by atoms with Crippen LogP contribution < -0.4 is 9.64 Å². The van der Waals surface area contributed by atoms with Gasteiger partial charge in [-0.05, 0) is 56.1 Å². The van der Waals surface area contributed by atoms with Crippen molar-refractivity contribution in [3.63, 3.8) is 0 Å². The van der Waals surface area contributed by atoms with Crippen LogP contribution >= 0.6 is 0 Å². The van der Waals surface area contributed by atoms with E-state index in [2.05, 4.69) is 19.7 Å². The fourth-order valence-corrected chi connectivity index (χ4v) is 5.51. The Morgan fingerprint density at radius 2 is 1.82 bits per heavy atom. The van der Waals surface area contributed by atoms with E-state index in [0.29, 0.717) is 36.9 Å². The summed E-state index contributed by atoms with van der Waals surface area (Å²) in [5.41, 5.74) is 0.807. The number of amides is 2. The number of anilines is 1. The van der Waals surface area contributed by atoms with Crippen LogP contribution in [0, 0.1) is 11.8 Å². The average molecular weight is 515 g/mol. The van der Waals surface area contributed by atoms with E-state index in [0.717, 1.165) is 56.2 Å². The van der Waals surface area contributed by atoms with Crippen molar-refractivity contribution in [1.82, 2.24) is 24.6 Å². The normalized spacial score (nSPS) is 19.8. The molecule has 1 atom stereocenters. The summed E-state index contributed by atoms with van der Waals surface area (Å²) in [5, 5.41) is 8.50. The van der Waals surface area contributed by atoms with Crippen LogP contribution in [-0.4, -0.2) is 56.1 Å². The van der Waals surface area contributed by atoms with E-state index in [9.17, 15) is 9.59 Å². The number of carbonyl (C=O) groups excluding carboxylic acids is 2. The molecule has 4 heterocycles. The van der Waals surface area contributed by atoms with Gasteiger partial charge in [0.25, 0.3) is 5.91 Å². The Balaban J connectivity index is 1.01. The monoisotopic (exact) mass is 514 g/mol. The minimum absolute atomic E-state index is 0.148. The zero-order valence-electron chi connectivity index (χ0n) is 21.6. The molecular formula is C29H34N6O3. The maximum atomic E-state index is 13.4. The lowest BCUT2D eigenvalue weighted by Crippen LogP contribution is -2.43. The fraction of sp³-hybridized carbons (Fsp3) is 0.483. The smallest absolute Gasteiger partial charge is 0.274 e. The Kier molecular flexibility index (Phi) is 7.07. The highest BCUT2D eigenvalue weighted by atomic mass is 16.5. The van der Waals surface area contributed by atoms with Crippen molar-refractivity contribution in [2.75, 3.05) is 24.5 Å². The highest BCUT2D eigenvalue weighted by Gasteiger charge is 2.36. The van der Waals surface area contributed by atoms with E-state index in [1.54, 1.807) is 17.2 Å². The van der Waals surface area contributed by atoms with Crippen LogP contribution in [0.4, 0.5) is 5.82 Å². The molecule has 6 rings (SSSR count). The minimum Gasteiger partial charge on any atom is -0.472 e. The molecule has 9 nitrogen and oxygen atoms in total. The summed E-state index contributed by atoms with van der Waals surface area (Å²) in [6.07, 6.45) is 9.33. The van der Waals surface area contributed by atoms with Crippen molar-refractivity contribution < 1.29 is 14.3 Å². The second kappa shape index (κ2) is 10.9. The largest absolute Gasteiger partial charge is 0.472 e. The van der Waals surface area contributed by atoms with Gasteiger partial charge in [-0.1, -0.05) is 30.3 Å². The van der Waals surface area contributed by atoms with Gasteiger partial charge in [-0.2, -0.15) is 0 Å². The number of carbonyl (C=O) groups is 2. The summed E-state index contributed by atoms with van der Waals surface area (Å²) in [7, 11) is 0. The molecule has 2 aliphatic heterocycles. The number of nitrogens with zero attached hydrogens (tertiary/aromatic N) is 6. The second-order valence-electron chi connectivity index (χ2n) is 10.7. The van der Waals surface area contributed by atoms with Gasteiger partial charge in [0.15, 0.2) is 11.6 Å². The van der Waals surface area contributed by atoms with Crippen LogP contribution in [0.15, 0.2) is 55.0 Å². The van der Waals surface area contributed by atoms with Gasteiger partial charge in [0, 0.05) is 50.8 Å². The second-order valence-corrected chi connectivity index (χ2v) is 10.7. The van der Waals surface area contributed by atoms with Gasteiger partial charge in [-0.3, -0.25) is 14.5 Å². The highest BCUT2D eigenvalue weighted by molar-refractivity contribution is 5.99. The number of ether oxygens (including phenoxy) is 1. The van der Waals surface area contributed by atoms with E-state index in [1.165, 1.54) is 12.8 Å². The van der Waals surface area contributed by atoms with Crippen molar-refractivity contribution in [1.29, 1.82) is 0 Å². The van der Waals surface area contributed by atoms with Crippen molar-refractivity contribution in [3.05, 3.63) is 66.4 Å². The van der Waals surface area contributed by atoms with Gasteiger partial charge in [-0.25, -0.2) is 4.98 Å². The summed E-state index contributed by atoms with van der Waals surface area (Å²) < 4.78 is 8.24. The number of hydrogen-bond donors (Lipinski definition) is 0. The predicted octanol–water partition coefficient (Wildman–Crippen LogP) is 3.81. The maximum absolute atomic E-state index is 13.4. The van der Waals surface area contributed by atoms with Crippen molar-refractivity contribution in [3.8, 4) is 5.75 Å². The molecule has 38 heavy (non-hydrogen) atoms. The maximum Gasteiger partial charge on any atom is 0.274 e. The molecule has 198 valence electrons. The predicted molar refractivity (Wildman–Crippen MR) is 141 cm³/mol. The lowest BCUT2D eigenvalue weighted by molar-refractivity contribution is -0.133. The molecule has 2 amide bonds. The standard InChI is InChI=1S/C29H34N6O3/c36-26(33-16-12-21(13-17-33)18-25-32-31-20-34(25)19-22-10-11-22)9-5-15-35-28-24(8-4-14-30-28)38-27(29(35)37)23-6-2-1-3-7-23/h1-4,6-8,14,20-22,27H,5,9-13,15-19H2/t27-/m0/s1. The van der Waals surface area contributed by atoms with Crippen LogP contribution in [0.5, 0.6) is 5.75 Å². The molecule has 0 N–H and O–H groups in total. The van der Waals surface area contributed by atoms with Gasteiger partial charge in [0.1, 0.15) is 12.2 Å². The molecule has 1 saturated heterocycles. The summed E-state index contributed by atoms with van der Waals surface area (Å²) in [4.78, 5) is 34.4. The van der Waals surface area contributed by atoms with Gasteiger partial charge in [0.2, 0.25) is 12.0 Å². The first kappa shape index (κ1) is 24.6. The SMILES string of the molecule is O=C(CCCN1C(=O)[C@H](c2ccccc2)Oc2cccnc21)N1CCC(Cc2nncn2CC2CC2)CC1. The Labute approximate surface area is 222 Å². The first-order chi connectivity index (χ1) is 18.7. The van der Waals surface area contributed by atoms with Crippen LogP contribution in [0.1, 0.15) is 56.0 Å². The Bertz CT molecular complexity index is 1270. The molecule has 0 radical (unpaired) electrons. The van der Waals surface area contributed by atoms with Gasteiger partial charge < -0.3 is 14.2 Å². The van der Waals surface area contributed by atoms with Crippen molar-refractivity contribution >= 4 is 17.6 Å². The zero-order chi connectivity index (χ0) is 25.9. The third-order valence-corrected chi connectivity index (χ3v) is 7.90. The van der Waals surface area contributed by atoms with E-state index < -0.39 is 6.10 Å². The van der Waals surface area contributed by atoms with Crippen LogP contribution in [0.2, 0.25) is 0 Å². The number of hydrogen-bond acceptors (Lipinski definition) is 6. The summed E-state index contributed by atoms with van der Waals surface area (Å²) >= 11 is 0. The number of likely N-dealkylation sites (tertiary alicyclic amines) is 1. The summed E-state index contributed by atoms with van der Waals surface area (Å²) in [5.74, 6) is 3.52. The molecule has 1 saturated carbocycles. The molecule has 2 aromatic heterocycles. The van der Waals surface area contributed by atoms with Crippen LogP contribution in [0.3, 0.4) is 0 Å². The topological polar surface area (TPSA) is 93.4 Å². The molecule has 1 aromatic carbocycles. The zero-order valence-corrected chi connectivity index (χ0v) is 21.6. The number of aromatic nitrogens is 4. The molecule has 1 aliphatic carbocycles. The van der Waals surface area contributed by atoms with E-state index in [1.807, 2.05) is 47.6 Å². The minimum atomic E-state index is -0.710. The van der Waals surface area contributed by atoms with Crippen LogP contribution in [0.25, 0.3) is 0 Å². The number of pyridine rings is 1. The first-order valence-electron chi connectivity index (χ1n) is 13.8. The van der Waals surface area contributed by atoms with E-state index >= 15 is 0 Å². The van der Waals surface area contributed by atoms with Gasteiger partial charge in [0.05, 0.1) is 0 Å². The van der Waals surface area contributed by atoms with Crippen molar-refractivity contribution in [2.24, 2.45) is 11.8 Å². The third kappa shape index (κ3) is 5.42. The number of benzene rings is 1. The number of rotatable bonds is 9.